The summed E-state index contributed by atoms with van der Waals surface area (Å²) in [6.45, 7) is 2.13. The van der Waals surface area contributed by atoms with Crippen molar-refractivity contribution in [2.45, 2.75) is 26.0 Å². The molecule has 112 valence electrons. The molecule has 0 bridgehead atoms. The first kappa shape index (κ1) is 15.5. The van der Waals surface area contributed by atoms with Gasteiger partial charge in [-0.1, -0.05) is 30.3 Å². The number of rotatable bonds is 6. The summed E-state index contributed by atoms with van der Waals surface area (Å²) in [6, 6.07) is 11.2. The number of aliphatic hydroxyl groups is 1. The number of amides is 1. The Morgan fingerprint density at radius 3 is 2.76 bits per heavy atom. The number of ether oxygens (including phenoxy) is 1. The quantitative estimate of drug-likeness (QED) is 0.863. The fourth-order valence-corrected chi connectivity index (χ4v) is 2.89. The van der Waals surface area contributed by atoms with E-state index in [-0.39, 0.29) is 19.3 Å². The third-order valence-electron chi connectivity index (χ3n) is 2.99. The predicted molar refractivity (Wildman–Crippen MR) is 83.4 cm³/mol. The Labute approximate surface area is 128 Å². The van der Waals surface area contributed by atoms with Crippen LogP contribution in [0.5, 0.6) is 0 Å². The molecule has 0 spiro atoms. The molecule has 1 atom stereocenters. The lowest BCUT2D eigenvalue weighted by atomic mass is 10.2. The number of thiophene rings is 1. The summed E-state index contributed by atoms with van der Waals surface area (Å²) in [5, 5.41) is 14.1. The highest BCUT2D eigenvalue weighted by molar-refractivity contribution is 7.10. The number of alkyl carbamates (subject to hydrolysis) is 1. The van der Waals surface area contributed by atoms with Gasteiger partial charge in [0.2, 0.25) is 0 Å². The van der Waals surface area contributed by atoms with Crippen molar-refractivity contribution in [2.24, 2.45) is 0 Å². The van der Waals surface area contributed by atoms with Gasteiger partial charge in [0.05, 0.1) is 12.6 Å². The second kappa shape index (κ2) is 7.81. The molecule has 0 radical (unpaired) electrons. The molecule has 0 aliphatic carbocycles. The van der Waals surface area contributed by atoms with Gasteiger partial charge in [0.1, 0.15) is 6.61 Å². The fourth-order valence-electron chi connectivity index (χ4n) is 1.93. The molecule has 0 aliphatic rings. The van der Waals surface area contributed by atoms with Crippen LogP contribution in [0.3, 0.4) is 0 Å². The highest BCUT2D eigenvalue weighted by Gasteiger charge is 2.14. The topological polar surface area (TPSA) is 58.6 Å². The Bertz CT molecular complexity index is 568. The molecule has 4 nitrogen and oxygen atoms in total. The maximum Gasteiger partial charge on any atom is 0.407 e. The summed E-state index contributed by atoms with van der Waals surface area (Å²) >= 11 is 1.63. The number of aliphatic hydroxyl groups excluding tert-OH is 1. The van der Waals surface area contributed by atoms with E-state index in [9.17, 15) is 9.90 Å². The van der Waals surface area contributed by atoms with Crippen molar-refractivity contribution in [3.8, 4) is 0 Å². The van der Waals surface area contributed by atoms with Crippen LogP contribution >= 0.6 is 11.3 Å². The molecule has 0 saturated heterocycles. The number of carbonyl (C=O) groups excluding carboxylic acids is 1. The van der Waals surface area contributed by atoms with E-state index >= 15 is 0 Å². The molecule has 1 heterocycles. The summed E-state index contributed by atoms with van der Waals surface area (Å²) in [6.07, 6.45) is 0.0984. The molecule has 1 aromatic heterocycles. The number of hydrogen-bond donors (Lipinski definition) is 2. The minimum absolute atomic E-state index is 0.114. The van der Waals surface area contributed by atoms with Gasteiger partial charge in [0.15, 0.2) is 0 Å². The number of benzene rings is 1. The van der Waals surface area contributed by atoms with E-state index in [0.29, 0.717) is 6.42 Å². The largest absolute Gasteiger partial charge is 0.445 e. The van der Waals surface area contributed by atoms with Gasteiger partial charge < -0.3 is 15.2 Å². The van der Waals surface area contributed by atoms with Crippen molar-refractivity contribution >= 4 is 17.4 Å². The third kappa shape index (κ3) is 5.21. The van der Waals surface area contributed by atoms with Gasteiger partial charge >= 0.3 is 6.09 Å². The molecule has 1 amide bonds. The lowest BCUT2D eigenvalue weighted by Gasteiger charge is -2.15. The summed E-state index contributed by atoms with van der Waals surface area (Å²) < 4.78 is 5.15. The summed E-state index contributed by atoms with van der Waals surface area (Å²) in [4.78, 5) is 12.9. The Morgan fingerprint density at radius 2 is 2.14 bits per heavy atom. The van der Waals surface area contributed by atoms with Crippen LogP contribution in [0, 0.1) is 6.92 Å². The van der Waals surface area contributed by atoms with Crippen LogP contribution in [0.25, 0.3) is 0 Å². The molecule has 0 aliphatic heterocycles. The monoisotopic (exact) mass is 305 g/mol. The highest BCUT2D eigenvalue weighted by Crippen LogP contribution is 2.15. The smallest absolute Gasteiger partial charge is 0.407 e. The van der Waals surface area contributed by atoms with Gasteiger partial charge in [-0.3, -0.25) is 0 Å². The van der Waals surface area contributed by atoms with Crippen molar-refractivity contribution in [1.82, 2.24) is 5.32 Å². The number of carbonyl (C=O) groups is 1. The Balaban J connectivity index is 1.79. The van der Waals surface area contributed by atoms with Gasteiger partial charge in [0, 0.05) is 11.3 Å². The second-order valence-corrected chi connectivity index (χ2v) is 5.88. The first-order valence-electron chi connectivity index (χ1n) is 6.79. The second-order valence-electron chi connectivity index (χ2n) is 4.88. The first-order valence-corrected chi connectivity index (χ1v) is 7.67. The van der Waals surface area contributed by atoms with E-state index in [1.165, 1.54) is 5.56 Å². The predicted octanol–water partition coefficient (Wildman–Crippen LogP) is 2.89. The molecule has 0 saturated carbocycles. The number of aryl methyl sites for hydroxylation is 1. The van der Waals surface area contributed by atoms with Crippen LogP contribution in [-0.4, -0.2) is 23.8 Å². The normalized spacial score (nSPS) is 11.9. The number of nitrogens with one attached hydrogen (secondary N) is 1. The van der Waals surface area contributed by atoms with Crippen LogP contribution < -0.4 is 5.32 Å². The standard InChI is InChI=1S/C16H19NO3S/c1-12-7-15(21-11-12)8-14(9-18)17-16(19)20-10-13-5-3-2-4-6-13/h2-7,11,14,18H,8-10H2,1H3,(H,17,19)/t14-/m1/s1. The minimum atomic E-state index is -0.508. The zero-order valence-electron chi connectivity index (χ0n) is 11.9. The van der Waals surface area contributed by atoms with Crippen LogP contribution in [-0.2, 0) is 17.8 Å². The van der Waals surface area contributed by atoms with E-state index in [1.807, 2.05) is 37.3 Å². The third-order valence-corrected chi connectivity index (χ3v) is 4.06. The lowest BCUT2D eigenvalue weighted by Crippen LogP contribution is -2.39. The van der Waals surface area contributed by atoms with Gasteiger partial charge in [-0.05, 0) is 29.5 Å². The first-order chi connectivity index (χ1) is 10.2. The van der Waals surface area contributed by atoms with Crippen molar-refractivity contribution in [3.63, 3.8) is 0 Å². The molecule has 2 rings (SSSR count). The van der Waals surface area contributed by atoms with Crippen molar-refractivity contribution in [3.05, 3.63) is 57.8 Å². The van der Waals surface area contributed by atoms with E-state index in [0.717, 1.165) is 10.4 Å². The van der Waals surface area contributed by atoms with Gasteiger partial charge in [-0.15, -0.1) is 11.3 Å². The lowest BCUT2D eigenvalue weighted by molar-refractivity contribution is 0.129. The number of hydrogen-bond acceptors (Lipinski definition) is 4. The Morgan fingerprint density at radius 1 is 1.38 bits per heavy atom. The van der Waals surface area contributed by atoms with Crippen molar-refractivity contribution in [1.29, 1.82) is 0 Å². The van der Waals surface area contributed by atoms with Crippen molar-refractivity contribution in [2.75, 3.05) is 6.61 Å². The summed E-state index contributed by atoms with van der Waals surface area (Å²) in [5.41, 5.74) is 2.13. The van der Waals surface area contributed by atoms with Gasteiger partial charge in [0.25, 0.3) is 0 Å². The van der Waals surface area contributed by atoms with E-state index < -0.39 is 6.09 Å². The molecule has 2 aromatic rings. The molecular formula is C16H19NO3S. The molecule has 2 N–H and O–H groups in total. The van der Waals surface area contributed by atoms with Gasteiger partial charge in [-0.2, -0.15) is 0 Å². The zero-order chi connectivity index (χ0) is 15.1. The van der Waals surface area contributed by atoms with Crippen LogP contribution in [0.15, 0.2) is 41.8 Å². The van der Waals surface area contributed by atoms with E-state index in [4.69, 9.17) is 4.74 Å². The highest BCUT2D eigenvalue weighted by atomic mass is 32.1. The van der Waals surface area contributed by atoms with Crippen LogP contribution in [0.2, 0.25) is 0 Å². The van der Waals surface area contributed by atoms with E-state index in [1.54, 1.807) is 11.3 Å². The molecule has 5 heteroatoms. The molecule has 1 aromatic carbocycles. The molecule has 0 fully saturated rings. The van der Waals surface area contributed by atoms with Crippen LogP contribution in [0.1, 0.15) is 16.0 Å². The average Bonchev–Trinajstić information content (AvgIpc) is 2.90. The maximum absolute atomic E-state index is 11.7. The molecular weight excluding hydrogens is 286 g/mol. The molecule has 0 unspecified atom stereocenters. The molecule has 21 heavy (non-hydrogen) atoms. The summed E-state index contributed by atoms with van der Waals surface area (Å²) in [5.74, 6) is 0. The SMILES string of the molecule is Cc1csc(C[C@H](CO)NC(=O)OCc2ccccc2)c1. The van der Waals surface area contributed by atoms with Crippen molar-refractivity contribution < 1.29 is 14.6 Å². The fraction of sp³-hybridized carbons (Fsp3) is 0.312. The van der Waals surface area contributed by atoms with Gasteiger partial charge in [-0.25, -0.2) is 4.79 Å². The summed E-state index contributed by atoms with van der Waals surface area (Å²) in [7, 11) is 0. The Hall–Kier alpha value is -1.85. The van der Waals surface area contributed by atoms with E-state index in [2.05, 4.69) is 16.8 Å². The maximum atomic E-state index is 11.7. The van der Waals surface area contributed by atoms with Crippen LogP contribution in [0.4, 0.5) is 4.79 Å². The minimum Gasteiger partial charge on any atom is -0.445 e. The zero-order valence-corrected chi connectivity index (χ0v) is 12.7. The average molecular weight is 305 g/mol. The Kier molecular flexibility index (Phi) is 5.78.